The molecule has 0 aromatic heterocycles. The van der Waals surface area contributed by atoms with E-state index >= 15 is 0 Å². The number of nitrogens with one attached hydrogen (secondary N) is 1. The molecule has 1 unspecified atom stereocenters. The molecule has 1 fully saturated rings. The number of halogens is 1. The smallest absolute Gasteiger partial charge is 0.432 e. The summed E-state index contributed by atoms with van der Waals surface area (Å²) in [7, 11) is 2.92. The summed E-state index contributed by atoms with van der Waals surface area (Å²) in [5.41, 5.74) is 3.14. The normalized spacial score (nSPS) is 19.4. The molecule has 1 aromatic rings. The summed E-state index contributed by atoms with van der Waals surface area (Å²) >= 11 is 6.09. The van der Waals surface area contributed by atoms with Crippen LogP contribution >= 0.6 is 11.6 Å². The first-order valence-corrected chi connectivity index (χ1v) is 5.17. The van der Waals surface area contributed by atoms with Gasteiger partial charge in [-0.3, -0.25) is 0 Å². The van der Waals surface area contributed by atoms with Gasteiger partial charge in [0.15, 0.2) is 0 Å². The van der Waals surface area contributed by atoms with Crippen molar-refractivity contribution in [2.45, 2.75) is 6.41 Å². The number of cyclic esters (lactones) is 1. The third-order valence-corrected chi connectivity index (χ3v) is 2.62. The topological polar surface area (TPSA) is 60.0 Å². The van der Waals surface area contributed by atoms with Crippen molar-refractivity contribution in [3.63, 3.8) is 0 Å². The third kappa shape index (κ3) is 2.14. The highest BCUT2D eigenvalue weighted by atomic mass is 35.5. The number of carbonyl (C=O) groups is 1. The Morgan fingerprint density at radius 3 is 2.82 bits per heavy atom. The van der Waals surface area contributed by atoms with E-state index in [-0.39, 0.29) is 0 Å². The van der Waals surface area contributed by atoms with Gasteiger partial charge in [0.2, 0.25) is 0 Å². The molecule has 1 aliphatic heterocycles. The van der Waals surface area contributed by atoms with Gasteiger partial charge in [-0.25, -0.2) is 9.80 Å². The van der Waals surface area contributed by atoms with Crippen molar-refractivity contribution in [2.24, 2.45) is 0 Å². The number of rotatable bonds is 3. The summed E-state index contributed by atoms with van der Waals surface area (Å²) in [5.74, 6) is 0.472. The number of amides is 1. The minimum atomic E-state index is -0.815. The lowest BCUT2D eigenvalue weighted by molar-refractivity contribution is -0.0722. The highest BCUT2D eigenvalue weighted by molar-refractivity contribution is 6.35. The zero-order valence-electron chi connectivity index (χ0n) is 9.27. The van der Waals surface area contributed by atoms with Crippen LogP contribution < -0.4 is 15.2 Å². The van der Waals surface area contributed by atoms with Crippen LogP contribution in [0.3, 0.4) is 0 Å². The van der Waals surface area contributed by atoms with E-state index < -0.39 is 12.5 Å². The molecule has 1 heterocycles. The number of benzene rings is 1. The van der Waals surface area contributed by atoms with Crippen molar-refractivity contribution in [3.8, 4) is 5.75 Å². The molecule has 1 amide bonds. The Bertz CT molecular complexity index is 440. The van der Waals surface area contributed by atoms with Gasteiger partial charge >= 0.3 is 6.09 Å². The number of hydrazine groups is 1. The summed E-state index contributed by atoms with van der Waals surface area (Å²) in [5, 5.41) is 1.48. The minimum absolute atomic E-state index is 0.316. The number of nitrogens with zero attached hydrogens (tertiary/aromatic N) is 1. The van der Waals surface area contributed by atoms with Crippen molar-refractivity contribution in [3.05, 3.63) is 23.2 Å². The molecule has 0 bridgehead atoms. The van der Waals surface area contributed by atoms with E-state index in [9.17, 15) is 4.79 Å². The van der Waals surface area contributed by atoms with Gasteiger partial charge in [0.05, 0.1) is 12.8 Å². The zero-order valence-corrected chi connectivity index (χ0v) is 10.0. The Morgan fingerprint density at radius 2 is 2.24 bits per heavy atom. The predicted octanol–water partition coefficient (Wildman–Crippen LogP) is 1.74. The van der Waals surface area contributed by atoms with Crippen LogP contribution in [-0.2, 0) is 9.47 Å². The van der Waals surface area contributed by atoms with E-state index in [4.69, 9.17) is 25.8 Å². The molecule has 0 radical (unpaired) electrons. The quantitative estimate of drug-likeness (QED) is 0.895. The van der Waals surface area contributed by atoms with Crippen LogP contribution in [0.15, 0.2) is 18.2 Å². The van der Waals surface area contributed by atoms with Crippen molar-refractivity contribution >= 4 is 23.4 Å². The van der Waals surface area contributed by atoms with Gasteiger partial charge < -0.3 is 14.2 Å². The SMILES string of the molecule is COc1cccc(N2NC(OC)OC2=O)c1Cl. The first kappa shape index (κ1) is 12.0. The van der Waals surface area contributed by atoms with Crippen LogP contribution in [0, 0.1) is 0 Å². The summed E-state index contributed by atoms with van der Waals surface area (Å²) in [6.45, 7) is 0. The van der Waals surface area contributed by atoms with E-state index in [2.05, 4.69) is 5.43 Å². The fourth-order valence-corrected chi connectivity index (χ4v) is 1.71. The van der Waals surface area contributed by atoms with Gasteiger partial charge in [0.1, 0.15) is 10.8 Å². The Hall–Kier alpha value is -1.50. The second kappa shape index (κ2) is 4.79. The maximum atomic E-state index is 11.6. The lowest BCUT2D eigenvalue weighted by Crippen LogP contribution is -2.38. The lowest BCUT2D eigenvalue weighted by Gasteiger charge is -2.16. The monoisotopic (exact) mass is 258 g/mol. The van der Waals surface area contributed by atoms with Gasteiger partial charge in [-0.2, -0.15) is 5.43 Å². The highest BCUT2D eigenvalue weighted by Gasteiger charge is 2.33. The number of ether oxygens (including phenoxy) is 3. The molecule has 0 aliphatic carbocycles. The summed E-state index contributed by atoms with van der Waals surface area (Å²) < 4.78 is 14.8. The molecule has 2 rings (SSSR count). The highest BCUT2D eigenvalue weighted by Crippen LogP contribution is 2.34. The average Bonchev–Trinajstić information content (AvgIpc) is 2.71. The van der Waals surface area contributed by atoms with E-state index in [0.717, 1.165) is 0 Å². The molecule has 1 aromatic carbocycles. The lowest BCUT2D eigenvalue weighted by atomic mass is 10.3. The van der Waals surface area contributed by atoms with Crippen molar-refractivity contribution in [1.29, 1.82) is 0 Å². The molecule has 1 aliphatic rings. The Morgan fingerprint density at radius 1 is 1.47 bits per heavy atom. The van der Waals surface area contributed by atoms with Gasteiger partial charge in [0.25, 0.3) is 6.41 Å². The second-order valence-electron chi connectivity index (χ2n) is 3.21. The first-order valence-electron chi connectivity index (χ1n) is 4.79. The van der Waals surface area contributed by atoms with E-state index in [1.807, 2.05) is 0 Å². The molecule has 92 valence electrons. The van der Waals surface area contributed by atoms with E-state index in [1.165, 1.54) is 19.2 Å². The summed E-state index contributed by atoms with van der Waals surface area (Å²) in [6, 6.07) is 5.08. The fourth-order valence-electron chi connectivity index (χ4n) is 1.43. The molecule has 0 saturated carbocycles. The Balaban J connectivity index is 2.32. The van der Waals surface area contributed by atoms with Crippen molar-refractivity contribution < 1.29 is 19.0 Å². The average molecular weight is 259 g/mol. The van der Waals surface area contributed by atoms with Crippen LogP contribution in [0.25, 0.3) is 0 Å². The maximum absolute atomic E-state index is 11.6. The maximum Gasteiger partial charge on any atom is 0.432 e. The number of carbonyl (C=O) groups excluding carboxylic acids is 1. The Labute approximate surface area is 103 Å². The molecule has 1 N–H and O–H groups in total. The summed E-state index contributed by atoms with van der Waals surface area (Å²) in [4.78, 5) is 11.6. The van der Waals surface area contributed by atoms with E-state index in [0.29, 0.717) is 16.5 Å². The zero-order chi connectivity index (χ0) is 12.4. The molecule has 1 saturated heterocycles. The number of hydrogen-bond acceptors (Lipinski definition) is 5. The number of hydrogen-bond donors (Lipinski definition) is 1. The van der Waals surface area contributed by atoms with Crippen LogP contribution in [0.5, 0.6) is 5.75 Å². The van der Waals surface area contributed by atoms with Gasteiger partial charge in [0, 0.05) is 7.11 Å². The molecule has 6 nitrogen and oxygen atoms in total. The first-order chi connectivity index (χ1) is 8.17. The molecule has 17 heavy (non-hydrogen) atoms. The van der Waals surface area contributed by atoms with Gasteiger partial charge in [-0.15, -0.1) is 0 Å². The van der Waals surface area contributed by atoms with Gasteiger partial charge in [-0.05, 0) is 12.1 Å². The van der Waals surface area contributed by atoms with E-state index in [1.54, 1.807) is 18.2 Å². The molecular formula is C10H11ClN2O4. The fraction of sp³-hybridized carbons (Fsp3) is 0.300. The Kier molecular flexibility index (Phi) is 3.37. The number of methoxy groups -OCH3 is 2. The standard InChI is InChI=1S/C10H11ClN2O4/c1-15-7-5-3-4-6(8(7)11)13-10(14)17-9(12-13)16-2/h3-5,9,12H,1-2H3. The van der Waals surface area contributed by atoms with Crippen LogP contribution in [0.1, 0.15) is 0 Å². The number of anilines is 1. The van der Waals surface area contributed by atoms with Crippen molar-refractivity contribution in [2.75, 3.05) is 19.2 Å². The molecule has 1 atom stereocenters. The third-order valence-electron chi connectivity index (χ3n) is 2.24. The largest absolute Gasteiger partial charge is 0.495 e. The second-order valence-corrected chi connectivity index (χ2v) is 3.59. The summed E-state index contributed by atoms with van der Waals surface area (Å²) in [6.07, 6.45) is -1.41. The van der Waals surface area contributed by atoms with Crippen LogP contribution in [0.2, 0.25) is 5.02 Å². The predicted molar refractivity (Wildman–Crippen MR) is 60.9 cm³/mol. The van der Waals surface area contributed by atoms with Crippen LogP contribution in [0.4, 0.5) is 10.5 Å². The molecule has 7 heteroatoms. The molecule has 0 spiro atoms. The molecular weight excluding hydrogens is 248 g/mol. The van der Waals surface area contributed by atoms with Gasteiger partial charge in [-0.1, -0.05) is 17.7 Å². The van der Waals surface area contributed by atoms with Crippen molar-refractivity contribution in [1.82, 2.24) is 5.43 Å². The minimum Gasteiger partial charge on any atom is -0.495 e. The van der Waals surface area contributed by atoms with Crippen LogP contribution in [-0.4, -0.2) is 26.7 Å².